The molecule has 6 heteroatoms. The number of carbonyl (C=O) groups is 1. The molecule has 0 aliphatic carbocycles. The van der Waals surface area contributed by atoms with Gasteiger partial charge in [-0.2, -0.15) is 5.26 Å². The maximum absolute atomic E-state index is 13.3. The van der Waals surface area contributed by atoms with Gasteiger partial charge in [0.1, 0.15) is 11.8 Å². The predicted octanol–water partition coefficient (Wildman–Crippen LogP) is 4.07. The molecular weight excluding hydrogens is 428 g/mol. The number of halogens is 1. The molecule has 1 aliphatic rings. The van der Waals surface area contributed by atoms with Gasteiger partial charge in [-0.05, 0) is 39.7 Å². The number of hydrogen-bond acceptors (Lipinski definition) is 3. The zero-order chi connectivity index (χ0) is 20.2. The van der Waals surface area contributed by atoms with Gasteiger partial charge in [-0.1, -0.05) is 42.5 Å². The van der Waals surface area contributed by atoms with Crippen LogP contribution in [0.5, 0.6) is 0 Å². The number of nitriles is 1. The molecule has 0 radical (unpaired) electrons. The first kappa shape index (κ1) is 19.4. The molecule has 0 atom stereocenters. The zero-order valence-corrected chi connectivity index (χ0v) is 17.5. The van der Waals surface area contributed by atoms with E-state index in [0.29, 0.717) is 24.3 Å². The summed E-state index contributed by atoms with van der Waals surface area (Å²) < 4.78 is 2.68. The highest BCUT2D eigenvalue weighted by Gasteiger charge is 2.27. The maximum Gasteiger partial charge on any atom is 0.272 e. The molecule has 0 unspecified atom stereocenters. The normalized spacial score (nSPS) is 14.6. The van der Waals surface area contributed by atoms with Crippen molar-refractivity contribution in [3.63, 3.8) is 0 Å². The van der Waals surface area contributed by atoms with E-state index in [1.165, 1.54) is 5.56 Å². The summed E-state index contributed by atoms with van der Waals surface area (Å²) in [5, 5.41) is 9.55. The van der Waals surface area contributed by atoms with Crippen LogP contribution in [0, 0.1) is 11.3 Å². The van der Waals surface area contributed by atoms with E-state index in [1.54, 1.807) is 16.8 Å². The standard InChI is InChI=1S/C23H21BrN4O/c24-20-8-4-5-9-21(20)28-11-10-19(16-25)22(28)23(29)27-14-12-26(13-15-27)17-18-6-2-1-3-7-18/h1-11H,12-15,17H2. The third kappa shape index (κ3) is 4.12. The fourth-order valence-corrected chi connectivity index (χ4v) is 4.16. The minimum Gasteiger partial charge on any atom is -0.335 e. The summed E-state index contributed by atoms with van der Waals surface area (Å²) in [6.45, 7) is 3.82. The first-order valence-electron chi connectivity index (χ1n) is 9.59. The van der Waals surface area contributed by atoms with Crippen molar-refractivity contribution < 1.29 is 4.79 Å². The smallest absolute Gasteiger partial charge is 0.272 e. The predicted molar refractivity (Wildman–Crippen MR) is 116 cm³/mol. The Morgan fingerprint density at radius 1 is 0.966 bits per heavy atom. The Bertz CT molecular complexity index is 1050. The lowest BCUT2D eigenvalue weighted by Crippen LogP contribution is -2.48. The largest absolute Gasteiger partial charge is 0.335 e. The average Bonchev–Trinajstić information content (AvgIpc) is 3.19. The van der Waals surface area contributed by atoms with Gasteiger partial charge in [-0.3, -0.25) is 9.69 Å². The minimum atomic E-state index is -0.0957. The fraction of sp³-hybridized carbons (Fsp3) is 0.217. The van der Waals surface area contributed by atoms with Crippen molar-refractivity contribution in [2.75, 3.05) is 26.2 Å². The highest BCUT2D eigenvalue weighted by atomic mass is 79.9. The first-order valence-corrected chi connectivity index (χ1v) is 10.4. The summed E-state index contributed by atoms with van der Waals surface area (Å²) in [6, 6.07) is 22.0. The van der Waals surface area contributed by atoms with Gasteiger partial charge >= 0.3 is 0 Å². The Labute approximate surface area is 178 Å². The molecule has 1 amide bonds. The van der Waals surface area contributed by atoms with E-state index in [9.17, 15) is 10.1 Å². The lowest BCUT2D eigenvalue weighted by Gasteiger charge is -2.35. The van der Waals surface area contributed by atoms with Crippen LogP contribution in [0.3, 0.4) is 0 Å². The molecule has 1 saturated heterocycles. The number of para-hydroxylation sites is 1. The summed E-state index contributed by atoms with van der Waals surface area (Å²) in [5.41, 5.74) is 2.95. The topological polar surface area (TPSA) is 52.3 Å². The van der Waals surface area contributed by atoms with Gasteiger partial charge in [-0.25, -0.2) is 0 Å². The molecule has 1 aromatic heterocycles. The van der Waals surface area contributed by atoms with E-state index < -0.39 is 0 Å². The second kappa shape index (κ2) is 8.64. The average molecular weight is 449 g/mol. The van der Waals surface area contributed by atoms with Gasteiger partial charge in [0, 0.05) is 43.4 Å². The molecule has 4 rings (SSSR count). The van der Waals surface area contributed by atoms with Crippen molar-refractivity contribution in [3.8, 4) is 11.8 Å². The van der Waals surface area contributed by atoms with Crippen molar-refractivity contribution >= 4 is 21.8 Å². The van der Waals surface area contributed by atoms with Gasteiger partial charge in [0.25, 0.3) is 5.91 Å². The van der Waals surface area contributed by atoms with Gasteiger partial charge in [0.15, 0.2) is 0 Å². The van der Waals surface area contributed by atoms with Crippen LogP contribution in [-0.2, 0) is 6.54 Å². The Morgan fingerprint density at radius 2 is 1.66 bits per heavy atom. The Balaban J connectivity index is 1.52. The van der Waals surface area contributed by atoms with E-state index in [4.69, 9.17) is 0 Å². The quantitative estimate of drug-likeness (QED) is 0.604. The number of nitrogens with zero attached hydrogens (tertiary/aromatic N) is 4. The van der Waals surface area contributed by atoms with Crippen LogP contribution in [0.25, 0.3) is 5.69 Å². The Kier molecular flexibility index (Phi) is 5.79. The van der Waals surface area contributed by atoms with Crippen LogP contribution >= 0.6 is 15.9 Å². The SMILES string of the molecule is N#Cc1ccn(-c2ccccc2Br)c1C(=O)N1CCN(Cc2ccccc2)CC1. The highest BCUT2D eigenvalue weighted by molar-refractivity contribution is 9.10. The fourth-order valence-electron chi connectivity index (χ4n) is 3.69. The monoisotopic (exact) mass is 448 g/mol. The van der Waals surface area contributed by atoms with E-state index in [-0.39, 0.29) is 5.91 Å². The van der Waals surface area contributed by atoms with E-state index in [0.717, 1.165) is 29.8 Å². The van der Waals surface area contributed by atoms with Crippen LogP contribution in [0.15, 0.2) is 71.3 Å². The van der Waals surface area contributed by atoms with Crippen LogP contribution in [0.2, 0.25) is 0 Å². The number of benzene rings is 2. The van der Waals surface area contributed by atoms with Crippen LogP contribution in [-0.4, -0.2) is 46.5 Å². The first-order chi connectivity index (χ1) is 14.2. The molecule has 0 bridgehead atoms. The Morgan fingerprint density at radius 3 is 2.34 bits per heavy atom. The number of rotatable bonds is 4. The molecule has 0 N–H and O–H groups in total. The third-order valence-electron chi connectivity index (χ3n) is 5.23. The van der Waals surface area contributed by atoms with Crippen molar-refractivity contribution in [1.82, 2.24) is 14.4 Å². The molecule has 2 heterocycles. The van der Waals surface area contributed by atoms with Crippen LogP contribution < -0.4 is 0 Å². The highest BCUT2D eigenvalue weighted by Crippen LogP contribution is 2.25. The molecule has 1 aliphatic heterocycles. The van der Waals surface area contributed by atoms with Gasteiger partial charge in [0.2, 0.25) is 0 Å². The minimum absolute atomic E-state index is 0.0957. The molecule has 29 heavy (non-hydrogen) atoms. The lowest BCUT2D eigenvalue weighted by molar-refractivity contribution is 0.0620. The van der Waals surface area contributed by atoms with Crippen molar-refractivity contribution in [2.24, 2.45) is 0 Å². The maximum atomic E-state index is 13.3. The molecule has 0 spiro atoms. The van der Waals surface area contributed by atoms with Crippen LogP contribution in [0.1, 0.15) is 21.6 Å². The molecular formula is C23H21BrN4O. The second-order valence-electron chi connectivity index (χ2n) is 7.07. The van der Waals surface area contributed by atoms with Gasteiger partial charge < -0.3 is 9.47 Å². The van der Waals surface area contributed by atoms with E-state index in [1.807, 2.05) is 47.4 Å². The number of hydrogen-bond donors (Lipinski definition) is 0. The zero-order valence-electron chi connectivity index (χ0n) is 16.0. The second-order valence-corrected chi connectivity index (χ2v) is 7.92. The summed E-state index contributed by atoms with van der Waals surface area (Å²) in [4.78, 5) is 17.5. The van der Waals surface area contributed by atoms with E-state index >= 15 is 0 Å². The molecule has 3 aromatic rings. The third-order valence-corrected chi connectivity index (χ3v) is 5.90. The van der Waals surface area contributed by atoms with Crippen molar-refractivity contribution in [1.29, 1.82) is 5.26 Å². The Hall–Kier alpha value is -2.88. The number of amides is 1. The van der Waals surface area contributed by atoms with Crippen molar-refractivity contribution in [3.05, 3.63) is 88.2 Å². The summed E-state index contributed by atoms with van der Waals surface area (Å²) in [7, 11) is 0. The molecule has 0 saturated carbocycles. The molecule has 5 nitrogen and oxygen atoms in total. The molecule has 1 fully saturated rings. The van der Waals surface area contributed by atoms with Crippen molar-refractivity contribution in [2.45, 2.75) is 6.54 Å². The van der Waals surface area contributed by atoms with E-state index in [2.05, 4.69) is 39.0 Å². The number of piperazine rings is 1. The molecule has 146 valence electrons. The number of carbonyl (C=O) groups excluding carboxylic acids is 1. The summed E-state index contributed by atoms with van der Waals surface area (Å²) in [5.74, 6) is -0.0957. The van der Waals surface area contributed by atoms with Gasteiger partial charge in [0.05, 0.1) is 11.3 Å². The molecule has 2 aromatic carbocycles. The lowest BCUT2D eigenvalue weighted by atomic mass is 10.2. The summed E-state index contributed by atoms with van der Waals surface area (Å²) >= 11 is 3.55. The van der Waals surface area contributed by atoms with Crippen LogP contribution in [0.4, 0.5) is 0 Å². The van der Waals surface area contributed by atoms with Gasteiger partial charge in [-0.15, -0.1) is 0 Å². The number of aromatic nitrogens is 1. The summed E-state index contributed by atoms with van der Waals surface area (Å²) in [6.07, 6.45) is 1.79.